The Hall–Kier alpha value is -0.290. The van der Waals surface area contributed by atoms with Gasteiger partial charge in [-0.05, 0) is 19.4 Å². The van der Waals surface area contributed by atoms with Crippen LogP contribution in [0.15, 0.2) is 0 Å². The third-order valence-corrected chi connectivity index (χ3v) is 3.07. The molecule has 0 aliphatic carbocycles. The van der Waals surface area contributed by atoms with Crippen LogP contribution in [0.25, 0.3) is 0 Å². The van der Waals surface area contributed by atoms with E-state index in [-0.39, 0.29) is 0 Å². The van der Waals surface area contributed by atoms with Crippen molar-refractivity contribution in [2.24, 2.45) is 0 Å². The normalized spacial score (nSPS) is 30.6. The van der Waals surface area contributed by atoms with E-state index in [1.807, 2.05) is 0 Å². The highest BCUT2D eigenvalue weighted by Gasteiger charge is 2.36. The van der Waals surface area contributed by atoms with Gasteiger partial charge in [-0.3, -0.25) is 9.80 Å². The summed E-state index contributed by atoms with van der Waals surface area (Å²) in [5.74, 6) is 0. The average Bonchev–Trinajstić information content (AvgIpc) is 2.47. The summed E-state index contributed by atoms with van der Waals surface area (Å²) in [6.07, 6.45) is -1.83. The molecule has 14 heavy (non-hydrogen) atoms. The number of alkyl halides is 3. The molecule has 1 unspecified atom stereocenters. The molecule has 0 amide bonds. The van der Waals surface area contributed by atoms with Gasteiger partial charge in [-0.1, -0.05) is 0 Å². The van der Waals surface area contributed by atoms with Crippen LogP contribution in [-0.2, 0) is 0 Å². The van der Waals surface area contributed by atoms with Gasteiger partial charge in [0.05, 0.1) is 6.54 Å². The monoisotopic (exact) mass is 208 g/mol. The summed E-state index contributed by atoms with van der Waals surface area (Å²) >= 11 is 0. The molecule has 0 bridgehead atoms. The number of piperazine rings is 1. The van der Waals surface area contributed by atoms with Crippen LogP contribution < -0.4 is 0 Å². The summed E-state index contributed by atoms with van der Waals surface area (Å²) in [6.45, 7) is 2.30. The van der Waals surface area contributed by atoms with E-state index in [4.69, 9.17) is 0 Å². The van der Waals surface area contributed by atoms with Gasteiger partial charge in [0.25, 0.3) is 0 Å². The fraction of sp³-hybridized carbons (Fsp3) is 1.00. The third kappa shape index (κ3) is 2.39. The lowest BCUT2D eigenvalue weighted by Crippen LogP contribution is -2.52. The zero-order chi connectivity index (χ0) is 10.2. The van der Waals surface area contributed by atoms with Crippen LogP contribution in [0.5, 0.6) is 0 Å². The van der Waals surface area contributed by atoms with Gasteiger partial charge in [-0.2, -0.15) is 13.2 Å². The van der Waals surface area contributed by atoms with E-state index in [9.17, 15) is 13.2 Å². The van der Waals surface area contributed by atoms with Gasteiger partial charge >= 0.3 is 6.18 Å². The maximum Gasteiger partial charge on any atom is 0.401 e. The van der Waals surface area contributed by atoms with Crippen molar-refractivity contribution in [3.63, 3.8) is 0 Å². The molecule has 2 heterocycles. The summed E-state index contributed by atoms with van der Waals surface area (Å²) in [7, 11) is 0. The molecular formula is C9H15F3N2. The van der Waals surface area contributed by atoms with Gasteiger partial charge in [0.2, 0.25) is 0 Å². The lowest BCUT2D eigenvalue weighted by atomic mass is 10.1. The number of hydrogen-bond acceptors (Lipinski definition) is 2. The predicted molar refractivity (Wildman–Crippen MR) is 47.1 cm³/mol. The lowest BCUT2D eigenvalue weighted by molar-refractivity contribution is -0.150. The molecule has 0 aromatic rings. The Labute approximate surface area is 81.7 Å². The standard InChI is InChI=1S/C9H15F3N2/c10-9(11,12)7-13-4-5-14-3-1-2-8(14)6-13/h8H,1-7H2. The zero-order valence-corrected chi connectivity index (χ0v) is 8.06. The van der Waals surface area contributed by atoms with Gasteiger partial charge in [-0.15, -0.1) is 0 Å². The fourth-order valence-electron chi connectivity index (χ4n) is 2.45. The number of rotatable bonds is 1. The highest BCUT2D eigenvalue weighted by atomic mass is 19.4. The van der Waals surface area contributed by atoms with Crippen LogP contribution in [0.4, 0.5) is 13.2 Å². The highest BCUT2D eigenvalue weighted by Crippen LogP contribution is 2.24. The molecule has 0 saturated carbocycles. The van der Waals surface area contributed by atoms with E-state index < -0.39 is 12.7 Å². The van der Waals surface area contributed by atoms with Crippen molar-refractivity contribution < 1.29 is 13.2 Å². The highest BCUT2D eigenvalue weighted by molar-refractivity contribution is 4.87. The Kier molecular flexibility index (Phi) is 2.70. The summed E-state index contributed by atoms with van der Waals surface area (Å²) in [5.41, 5.74) is 0. The van der Waals surface area contributed by atoms with E-state index >= 15 is 0 Å². The summed E-state index contributed by atoms with van der Waals surface area (Å²) in [5, 5.41) is 0. The second kappa shape index (κ2) is 3.70. The molecule has 1 atom stereocenters. The lowest BCUT2D eigenvalue weighted by Gasteiger charge is -2.37. The summed E-state index contributed by atoms with van der Waals surface area (Å²) < 4.78 is 36.4. The van der Waals surface area contributed by atoms with Gasteiger partial charge in [0, 0.05) is 25.7 Å². The molecule has 2 aliphatic heterocycles. The minimum Gasteiger partial charge on any atom is -0.298 e. The Balaban J connectivity index is 1.85. The van der Waals surface area contributed by atoms with Gasteiger partial charge in [-0.25, -0.2) is 0 Å². The van der Waals surface area contributed by atoms with Crippen LogP contribution in [0.2, 0.25) is 0 Å². The topological polar surface area (TPSA) is 6.48 Å². The number of hydrogen-bond donors (Lipinski definition) is 0. The molecule has 0 aromatic heterocycles. The Morgan fingerprint density at radius 2 is 1.93 bits per heavy atom. The predicted octanol–water partition coefficient (Wildman–Crippen LogP) is 1.33. The van der Waals surface area contributed by atoms with Crippen molar-refractivity contribution in [2.75, 3.05) is 32.7 Å². The molecule has 82 valence electrons. The van der Waals surface area contributed by atoms with Crippen molar-refractivity contribution in [3.8, 4) is 0 Å². The smallest absolute Gasteiger partial charge is 0.298 e. The van der Waals surface area contributed by atoms with Crippen molar-refractivity contribution in [2.45, 2.75) is 25.1 Å². The first kappa shape index (κ1) is 10.2. The molecule has 0 radical (unpaired) electrons. The van der Waals surface area contributed by atoms with E-state index in [0.29, 0.717) is 19.1 Å². The Morgan fingerprint density at radius 3 is 2.64 bits per heavy atom. The fourth-order valence-corrected chi connectivity index (χ4v) is 2.45. The van der Waals surface area contributed by atoms with Crippen LogP contribution >= 0.6 is 0 Å². The molecule has 5 heteroatoms. The minimum absolute atomic E-state index is 0.381. The maximum absolute atomic E-state index is 12.1. The Morgan fingerprint density at radius 1 is 1.14 bits per heavy atom. The molecule has 2 rings (SSSR count). The largest absolute Gasteiger partial charge is 0.401 e. The zero-order valence-electron chi connectivity index (χ0n) is 8.06. The second-order valence-corrected chi connectivity index (χ2v) is 4.18. The van der Waals surface area contributed by atoms with Crippen molar-refractivity contribution in [1.29, 1.82) is 0 Å². The van der Waals surface area contributed by atoms with Gasteiger partial charge in [0.15, 0.2) is 0 Å². The van der Waals surface area contributed by atoms with Crippen LogP contribution in [0.1, 0.15) is 12.8 Å². The molecule has 2 saturated heterocycles. The van der Waals surface area contributed by atoms with Crippen molar-refractivity contribution in [3.05, 3.63) is 0 Å². The van der Waals surface area contributed by atoms with E-state index in [1.165, 1.54) is 4.90 Å². The van der Waals surface area contributed by atoms with E-state index in [1.54, 1.807) is 0 Å². The molecule has 2 fully saturated rings. The van der Waals surface area contributed by atoms with Gasteiger partial charge < -0.3 is 0 Å². The van der Waals surface area contributed by atoms with Crippen molar-refractivity contribution >= 4 is 0 Å². The molecule has 0 spiro atoms. The SMILES string of the molecule is FC(F)(F)CN1CCN2CCCC2C1. The van der Waals surface area contributed by atoms with Crippen LogP contribution in [0.3, 0.4) is 0 Å². The first-order valence-electron chi connectivity index (χ1n) is 5.08. The summed E-state index contributed by atoms with van der Waals surface area (Å²) in [6, 6.07) is 0.381. The quantitative estimate of drug-likeness (QED) is 0.641. The van der Waals surface area contributed by atoms with E-state index in [2.05, 4.69) is 4.90 Å². The molecule has 0 aromatic carbocycles. The molecule has 2 nitrogen and oxygen atoms in total. The Bertz CT molecular complexity index is 205. The van der Waals surface area contributed by atoms with Gasteiger partial charge in [0.1, 0.15) is 0 Å². The number of fused-ring (bicyclic) bond motifs is 1. The average molecular weight is 208 g/mol. The van der Waals surface area contributed by atoms with E-state index in [0.717, 1.165) is 25.9 Å². The number of nitrogens with zero attached hydrogens (tertiary/aromatic N) is 2. The maximum atomic E-state index is 12.1. The van der Waals surface area contributed by atoms with Crippen molar-refractivity contribution in [1.82, 2.24) is 9.80 Å². The first-order chi connectivity index (χ1) is 6.54. The molecular weight excluding hydrogens is 193 g/mol. The molecule has 0 N–H and O–H groups in total. The molecule has 2 aliphatic rings. The van der Waals surface area contributed by atoms with Crippen LogP contribution in [-0.4, -0.2) is 54.7 Å². The third-order valence-electron chi connectivity index (χ3n) is 3.07. The van der Waals surface area contributed by atoms with Crippen LogP contribution in [0, 0.1) is 0 Å². The summed E-state index contributed by atoms with van der Waals surface area (Å²) in [4.78, 5) is 3.85. The minimum atomic E-state index is -4.04. The number of halogens is 3. The second-order valence-electron chi connectivity index (χ2n) is 4.18. The first-order valence-corrected chi connectivity index (χ1v) is 5.08.